The zero-order chi connectivity index (χ0) is 15.7. The van der Waals surface area contributed by atoms with Crippen molar-refractivity contribution in [2.45, 2.75) is 10.3 Å². The van der Waals surface area contributed by atoms with Gasteiger partial charge in [-0.2, -0.15) is 0 Å². The van der Waals surface area contributed by atoms with E-state index in [-0.39, 0.29) is 10.8 Å². The van der Waals surface area contributed by atoms with Gasteiger partial charge in [0.25, 0.3) is 0 Å². The van der Waals surface area contributed by atoms with Crippen LogP contribution in [0.25, 0.3) is 10.9 Å². The summed E-state index contributed by atoms with van der Waals surface area (Å²) in [5.41, 5.74) is 1.71. The maximum Gasteiger partial charge on any atom is 0.250 e. The van der Waals surface area contributed by atoms with Gasteiger partial charge in [-0.25, -0.2) is 13.1 Å². The molecule has 1 atom stereocenters. The highest BCUT2D eigenvalue weighted by Gasteiger charge is 2.19. The van der Waals surface area contributed by atoms with Crippen molar-refractivity contribution in [3.8, 4) is 0 Å². The molecule has 0 aliphatic carbocycles. The number of nitrogens with zero attached hydrogens (tertiary/aromatic N) is 1. The molecule has 0 aliphatic heterocycles. The maximum absolute atomic E-state index is 12.1. The molecule has 0 spiro atoms. The molecule has 0 saturated carbocycles. The predicted molar refractivity (Wildman–Crippen MR) is 87.4 cm³/mol. The van der Waals surface area contributed by atoms with Crippen molar-refractivity contribution in [3.63, 3.8) is 0 Å². The average molecular weight is 336 g/mol. The Bertz CT molecular complexity index is 883. The summed E-state index contributed by atoms with van der Waals surface area (Å²) in [6, 6.07) is 10.9. The summed E-state index contributed by atoms with van der Waals surface area (Å²) in [7, 11) is -1.67. The van der Waals surface area contributed by atoms with Gasteiger partial charge in [-0.05, 0) is 17.5 Å². The van der Waals surface area contributed by atoms with Gasteiger partial charge in [-0.3, -0.25) is 0 Å². The maximum atomic E-state index is 12.1. The van der Waals surface area contributed by atoms with Gasteiger partial charge in [-0.1, -0.05) is 24.3 Å². The lowest BCUT2D eigenvalue weighted by atomic mass is 10.1. The minimum atomic E-state index is -3.56. The molecule has 0 saturated heterocycles. The summed E-state index contributed by atoms with van der Waals surface area (Å²) in [5.74, 6) is 0. The summed E-state index contributed by atoms with van der Waals surface area (Å²) in [4.78, 5) is 0. The van der Waals surface area contributed by atoms with E-state index in [1.807, 2.05) is 42.1 Å². The van der Waals surface area contributed by atoms with Crippen LogP contribution in [0.2, 0.25) is 0 Å². The predicted octanol–water partition coefficient (Wildman–Crippen LogP) is 2.25. The molecule has 22 heavy (non-hydrogen) atoms. The smallest absolute Gasteiger partial charge is 0.250 e. The zero-order valence-electron chi connectivity index (χ0n) is 11.9. The fraction of sp³-hybridized carbons (Fsp3) is 0.200. The molecule has 3 rings (SSSR count). The minimum Gasteiger partial charge on any atom is -0.387 e. The molecule has 2 heterocycles. The van der Waals surface area contributed by atoms with Gasteiger partial charge in [0.15, 0.2) is 0 Å². The Morgan fingerprint density at radius 2 is 2.05 bits per heavy atom. The van der Waals surface area contributed by atoms with E-state index in [0.29, 0.717) is 5.56 Å². The molecule has 2 N–H and O–H groups in total. The molecule has 3 aromatic rings. The van der Waals surface area contributed by atoms with Crippen LogP contribution in [0.15, 0.2) is 52.2 Å². The highest BCUT2D eigenvalue weighted by atomic mass is 32.2. The number of nitrogens with one attached hydrogen (secondary N) is 1. The number of aryl methyl sites for hydroxylation is 1. The lowest BCUT2D eigenvalue weighted by molar-refractivity contribution is 0.183. The third-order valence-corrected chi connectivity index (χ3v) is 6.33. The van der Waals surface area contributed by atoms with Gasteiger partial charge in [0.05, 0.1) is 6.10 Å². The fourth-order valence-electron chi connectivity index (χ4n) is 2.42. The van der Waals surface area contributed by atoms with Crippen LogP contribution < -0.4 is 4.72 Å². The number of sulfonamides is 1. The molecule has 0 bridgehead atoms. The first-order valence-corrected chi connectivity index (χ1v) is 9.10. The molecule has 2 aromatic heterocycles. The Morgan fingerprint density at radius 1 is 1.27 bits per heavy atom. The third-order valence-electron chi connectivity index (χ3n) is 3.51. The van der Waals surface area contributed by atoms with Gasteiger partial charge in [0.2, 0.25) is 10.0 Å². The summed E-state index contributed by atoms with van der Waals surface area (Å²) in [6.07, 6.45) is 0.926. The standard InChI is InChI=1S/C15H16N2O3S2/c1-17-10-12(11-5-2-3-6-13(11)17)14(18)9-16-22(19,20)15-7-4-8-21-15/h2-8,10,14,16,18H,9H2,1H3/t14-/m0/s1. The van der Waals surface area contributed by atoms with E-state index < -0.39 is 16.1 Å². The van der Waals surface area contributed by atoms with E-state index in [1.54, 1.807) is 11.4 Å². The number of benzene rings is 1. The van der Waals surface area contributed by atoms with E-state index in [9.17, 15) is 13.5 Å². The van der Waals surface area contributed by atoms with Crippen LogP contribution in [0.1, 0.15) is 11.7 Å². The van der Waals surface area contributed by atoms with Crippen molar-refractivity contribution in [3.05, 3.63) is 53.5 Å². The van der Waals surface area contributed by atoms with Crippen molar-refractivity contribution in [1.29, 1.82) is 0 Å². The van der Waals surface area contributed by atoms with E-state index in [4.69, 9.17) is 0 Å². The number of fused-ring (bicyclic) bond motifs is 1. The Balaban J connectivity index is 1.81. The highest BCUT2D eigenvalue weighted by molar-refractivity contribution is 7.91. The Labute approximate surface area is 132 Å². The first-order valence-electron chi connectivity index (χ1n) is 6.74. The number of thiophene rings is 1. The lowest BCUT2D eigenvalue weighted by Crippen LogP contribution is -2.27. The number of aliphatic hydroxyl groups excluding tert-OH is 1. The van der Waals surface area contributed by atoms with Crippen LogP contribution in [-0.4, -0.2) is 24.6 Å². The number of hydrogen-bond donors (Lipinski definition) is 2. The number of rotatable bonds is 5. The molecule has 0 unspecified atom stereocenters. The van der Waals surface area contributed by atoms with Crippen LogP contribution >= 0.6 is 11.3 Å². The van der Waals surface area contributed by atoms with Gasteiger partial charge < -0.3 is 9.67 Å². The summed E-state index contributed by atoms with van der Waals surface area (Å²) in [5, 5.41) is 13.0. The van der Waals surface area contributed by atoms with Crippen molar-refractivity contribution in [1.82, 2.24) is 9.29 Å². The molecular weight excluding hydrogens is 320 g/mol. The van der Waals surface area contributed by atoms with Crippen molar-refractivity contribution >= 4 is 32.3 Å². The van der Waals surface area contributed by atoms with Crippen LogP contribution in [0, 0.1) is 0 Å². The molecule has 7 heteroatoms. The second-order valence-electron chi connectivity index (χ2n) is 5.01. The van der Waals surface area contributed by atoms with Gasteiger partial charge >= 0.3 is 0 Å². The second-order valence-corrected chi connectivity index (χ2v) is 7.95. The number of para-hydroxylation sites is 1. The minimum absolute atomic E-state index is 0.0613. The van der Waals surface area contributed by atoms with E-state index in [1.165, 1.54) is 6.07 Å². The first kappa shape index (κ1) is 15.2. The van der Waals surface area contributed by atoms with Crippen LogP contribution in [0.5, 0.6) is 0 Å². The molecule has 0 aliphatic rings. The SMILES string of the molecule is Cn1cc([C@@H](O)CNS(=O)(=O)c2cccs2)c2ccccc21. The van der Waals surface area contributed by atoms with E-state index >= 15 is 0 Å². The van der Waals surface area contributed by atoms with Crippen LogP contribution in [0.3, 0.4) is 0 Å². The Hall–Kier alpha value is -1.67. The lowest BCUT2D eigenvalue weighted by Gasteiger charge is -2.11. The summed E-state index contributed by atoms with van der Waals surface area (Å²) in [6.45, 7) is -0.0613. The monoisotopic (exact) mass is 336 g/mol. The van der Waals surface area contributed by atoms with E-state index in [0.717, 1.165) is 22.2 Å². The molecule has 1 aromatic carbocycles. The third kappa shape index (κ3) is 2.80. The average Bonchev–Trinajstić information content (AvgIpc) is 3.14. The normalized spacial score (nSPS) is 13.5. The molecule has 0 fully saturated rings. The number of hydrogen-bond acceptors (Lipinski definition) is 4. The number of aromatic nitrogens is 1. The molecule has 116 valence electrons. The Kier molecular flexibility index (Phi) is 4.05. The van der Waals surface area contributed by atoms with Crippen molar-refractivity contribution < 1.29 is 13.5 Å². The molecule has 5 nitrogen and oxygen atoms in total. The van der Waals surface area contributed by atoms with Crippen LogP contribution in [-0.2, 0) is 17.1 Å². The fourth-order valence-corrected chi connectivity index (χ4v) is 4.50. The summed E-state index contributed by atoms with van der Waals surface area (Å²) < 4.78 is 28.8. The largest absolute Gasteiger partial charge is 0.387 e. The molecule has 0 amide bonds. The Morgan fingerprint density at radius 3 is 2.77 bits per heavy atom. The first-order chi connectivity index (χ1) is 10.5. The molecule has 0 radical (unpaired) electrons. The van der Waals surface area contributed by atoms with Gasteiger partial charge in [-0.15, -0.1) is 11.3 Å². The number of aliphatic hydroxyl groups is 1. The molecular formula is C15H16N2O3S2. The van der Waals surface area contributed by atoms with Gasteiger partial charge in [0.1, 0.15) is 4.21 Å². The van der Waals surface area contributed by atoms with Crippen molar-refractivity contribution in [2.24, 2.45) is 7.05 Å². The van der Waals surface area contributed by atoms with Crippen molar-refractivity contribution in [2.75, 3.05) is 6.54 Å². The zero-order valence-corrected chi connectivity index (χ0v) is 13.6. The quantitative estimate of drug-likeness (QED) is 0.751. The van der Waals surface area contributed by atoms with Gasteiger partial charge in [0, 0.05) is 36.3 Å². The second kappa shape index (κ2) is 5.85. The summed E-state index contributed by atoms with van der Waals surface area (Å²) >= 11 is 1.15. The highest BCUT2D eigenvalue weighted by Crippen LogP contribution is 2.26. The van der Waals surface area contributed by atoms with Crippen LogP contribution in [0.4, 0.5) is 0 Å². The topological polar surface area (TPSA) is 71.3 Å². The van der Waals surface area contributed by atoms with E-state index in [2.05, 4.69) is 4.72 Å².